The fourth-order valence-corrected chi connectivity index (χ4v) is 1.68. The van der Waals surface area contributed by atoms with Crippen LogP contribution in [0.25, 0.3) is 0 Å². The van der Waals surface area contributed by atoms with Crippen LogP contribution in [0.4, 0.5) is 0 Å². The van der Waals surface area contributed by atoms with Crippen LogP contribution in [0.3, 0.4) is 0 Å². The topological polar surface area (TPSA) is 55.5 Å². The normalized spacial score (nSPS) is 16.3. The van der Waals surface area contributed by atoms with Gasteiger partial charge in [0.1, 0.15) is 5.75 Å². The Balaban J connectivity index is 2.44. The standard InChI is InChI=1S/C13H20BrNO2/c1-10(16)13(2,9-15)7-8-17-12-5-3-11(14)4-6-12/h3-6,10,16H,7-9,15H2,1-2H3. The van der Waals surface area contributed by atoms with Crippen molar-refractivity contribution in [2.24, 2.45) is 11.1 Å². The van der Waals surface area contributed by atoms with Crippen LogP contribution in [0.2, 0.25) is 0 Å². The molecule has 0 amide bonds. The van der Waals surface area contributed by atoms with Crippen LogP contribution >= 0.6 is 15.9 Å². The van der Waals surface area contributed by atoms with Gasteiger partial charge in [0.25, 0.3) is 0 Å². The first-order chi connectivity index (χ1) is 7.98. The lowest BCUT2D eigenvalue weighted by atomic mass is 9.82. The molecule has 0 aliphatic heterocycles. The third-order valence-corrected chi connectivity index (χ3v) is 3.76. The zero-order chi connectivity index (χ0) is 12.9. The molecule has 4 heteroatoms. The van der Waals surface area contributed by atoms with Gasteiger partial charge in [-0.1, -0.05) is 22.9 Å². The molecule has 0 spiro atoms. The zero-order valence-electron chi connectivity index (χ0n) is 10.3. The number of hydrogen-bond acceptors (Lipinski definition) is 3. The molecule has 3 nitrogen and oxygen atoms in total. The lowest BCUT2D eigenvalue weighted by molar-refractivity contribution is 0.0413. The van der Waals surface area contributed by atoms with Gasteiger partial charge in [-0.15, -0.1) is 0 Å². The number of aliphatic hydroxyl groups excluding tert-OH is 1. The summed E-state index contributed by atoms with van der Waals surface area (Å²) in [6.45, 7) is 4.75. The summed E-state index contributed by atoms with van der Waals surface area (Å²) in [5, 5.41) is 9.66. The maximum Gasteiger partial charge on any atom is 0.119 e. The monoisotopic (exact) mass is 301 g/mol. The molecular weight excluding hydrogens is 282 g/mol. The average Bonchev–Trinajstić information content (AvgIpc) is 2.31. The Kier molecular flexibility index (Phi) is 5.43. The molecule has 0 fully saturated rings. The number of halogens is 1. The molecule has 0 radical (unpaired) electrons. The molecule has 2 unspecified atom stereocenters. The Hall–Kier alpha value is -0.580. The van der Waals surface area contributed by atoms with E-state index in [4.69, 9.17) is 10.5 Å². The number of ether oxygens (including phenoxy) is 1. The summed E-state index contributed by atoms with van der Waals surface area (Å²) in [6.07, 6.45) is 0.304. The van der Waals surface area contributed by atoms with Gasteiger partial charge in [-0.3, -0.25) is 0 Å². The van der Waals surface area contributed by atoms with E-state index in [1.807, 2.05) is 31.2 Å². The van der Waals surface area contributed by atoms with Crippen molar-refractivity contribution in [1.29, 1.82) is 0 Å². The van der Waals surface area contributed by atoms with E-state index in [1.165, 1.54) is 0 Å². The summed E-state index contributed by atoms with van der Waals surface area (Å²) in [5.74, 6) is 0.832. The van der Waals surface area contributed by atoms with E-state index in [-0.39, 0.29) is 5.41 Å². The van der Waals surface area contributed by atoms with Gasteiger partial charge in [0.05, 0.1) is 12.7 Å². The highest BCUT2D eigenvalue weighted by Crippen LogP contribution is 2.25. The second-order valence-corrected chi connectivity index (χ2v) is 5.50. The fourth-order valence-electron chi connectivity index (χ4n) is 1.41. The highest BCUT2D eigenvalue weighted by Gasteiger charge is 2.28. The molecule has 0 bridgehead atoms. The lowest BCUT2D eigenvalue weighted by Gasteiger charge is -2.30. The predicted molar refractivity (Wildman–Crippen MR) is 73.1 cm³/mol. The third-order valence-electron chi connectivity index (χ3n) is 3.23. The van der Waals surface area contributed by atoms with Gasteiger partial charge in [0.2, 0.25) is 0 Å². The van der Waals surface area contributed by atoms with Gasteiger partial charge in [0.15, 0.2) is 0 Å². The number of hydrogen-bond donors (Lipinski definition) is 2. The average molecular weight is 302 g/mol. The SMILES string of the molecule is CC(O)C(C)(CN)CCOc1ccc(Br)cc1. The summed E-state index contributed by atoms with van der Waals surface area (Å²) in [4.78, 5) is 0. The van der Waals surface area contributed by atoms with Gasteiger partial charge < -0.3 is 15.6 Å². The van der Waals surface area contributed by atoms with Gasteiger partial charge in [-0.25, -0.2) is 0 Å². The summed E-state index contributed by atoms with van der Waals surface area (Å²) in [6, 6.07) is 7.69. The Bertz CT molecular complexity index is 340. The maximum absolute atomic E-state index is 9.66. The molecule has 0 aliphatic rings. The second-order valence-electron chi connectivity index (χ2n) is 4.59. The van der Waals surface area contributed by atoms with Crippen LogP contribution < -0.4 is 10.5 Å². The van der Waals surface area contributed by atoms with Crippen molar-refractivity contribution in [2.45, 2.75) is 26.4 Å². The summed E-state index contributed by atoms with van der Waals surface area (Å²) < 4.78 is 6.65. The summed E-state index contributed by atoms with van der Waals surface area (Å²) in [7, 11) is 0. The van der Waals surface area contributed by atoms with Crippen molar-refractivity contribution in [3.05, 3.63) is 28.7 Å². The molecule has 0 saturated carbocycles. The van der Waals surface area contributed by atoms with Crippen LogP contribution in [-0.2, 0) is 0 Å². The predicted octanol–water partition coefficient (Wildman–Crippen LogP) is 2.56. The summed E-state index contributed by atoms with van der Waals surface area (Å²) >= 11 is 3.37. The molecule has 0 saturated heterocycles. The number of nitrogens with two attached hydrogens (primary N) is 1. The number of rotatable bonds is 6. The first-order valence-electron chi connectivity index (χ1n) is 5.74. The van der Waals surface area contributed by atoms with E-state index in [1.54, 1.807) is 6.92 Å². The molecule has 1 aromatic rings. The third kappa shape index (κ3) is 4.30. The smallest absolute Gasteiger partial charge is 0.119 e. The van der Waals surface area contributed by atoms with Crippen molar-refractivity contribution in [2.75, 3.05) is 13.2 Å². The van der Waals surface area contributed by atoms with E-state index < -0.39 is 6.10 Å². The van der Waals surface area contributed by atoms with Crippen LogP contribution in [0.5, 0.6) is 5.75 Å². The van der Waals surface area contributed by atoms with Crippen LogP contribution in [0.1, 0.15) is 20.3 Å². The van der Waals surface area contributed by atoms with Crippen molar-refractivity contribution in [1.82, 2.24) is 0 Å². The largest absolute Gasteiger partial charge is 0.494 e. The first kappa shape index (κ1) is 14.5. The highest BCUT2D eigenvalue weighted by molar-refractivity contribution is 9.10. The minimum absolute atomic E-state index is 0.282. The Morgan fingerprint density at radius 2 is 2.00 bits per heavy atom. The van der Waals surface area contributed by atoms with Crippen molar-refractivity contribution >= 4 is 15.9 Å². The molecule has 96 valence electrons. The molecule has 0 heterocycles. The van der Waals surface area contributed by atoms with E-state index >= 15 is 0 Å². The zero-order valence-corrected chi connectivity index (χ0v) is 11.9. The molecule has 1 aromatic carbocycles. The highest BCUT2D eigenvalue weighted by atomic mass is 79.9. The molecule has 0 aromatic heterocycles. The quantitative estimate of drug-likeness (QED) is 0.849. The van der Waals surface area contributed by atoms with Gasteiger partial charge in [0, 0.05) is 16.4 Å². The summed E-state index contributed by atoms with van der Waals surface area (Å²) in [5.41, 5.74) is 5.40. The number of benzene rings is 1. The van der Waals surface area contributed by atoms with Gasteiger partial charge >= 0.3 is 0 Å². The lowest BCUT2D eigenvalue weighted by Crippen LogP contribution is -2.38. The minimum atomic E-state index is -0.430. The minimum Gasteiger partial charge on any atom is -0.494 e. The number of aliphatic hydroxyl groups is 1. The van der Waals surface area contributed by atoms with Crippen molar-refractivity contribution < 1.29 is 9.84 Å². The molecule has 17 heavy (non-hydrogen) atoms. The Labute approximate surface area is 111 Å². The second kappa shape index (κ2) is 6.38. The molecule has 1 rings (SSSR count). The molecule has 0 aliphatic carbocycles. The van der Waals surface area contributed by atoms with E-state index in [2.05, 4.69) is 15.9 Å². The van der Waals surface area contributed by atoms with E-state index in [9.17, 15) is 5.11 Å². The Morgan fingerprint density at radius 1 is 1.41 bits per heavy atom. The van der Waals surface area contributed by atoms with Crippen molar-refractivity contribution in [3.63, 3.8) is 0 Å². The molecule has 3 N–H and O–H groups in total. The van der Waals surface area contributed by atoms with Crippen molar-refractivity contribution in [3.8, 4) is 5.75 Å². The molecular formula is C13H20BrNO2. The van der Waals surface area contributed by atoms with Crippen LogP contribution in [-0.4, -0.2) is 24.4 Å². The van der Waals surface area contributed by atoms with Crippen LogP contribution in [0.15, 0.2) is 28.7 Å². The first-order valence-corrected chi connectivity index (χ1v) is 6.54. The van der Waals surface area contributed by atoms with E-state index in [0.717, 1.165) is 16.6 Å². The fraction of sp³-hybridized carbons (Fsp3) is 0.538. The van der Waals surface area contributed by atoms with E-state index in [0.29, 0.717) is 13.2 Å². The molecule has 2 atom stereocenters. The maximum atomic E-state index is 9.66. The van der Waals surface area contributed by atoms with Gasteiger partial charge in [-0.05, 0) is 37.6 Å². The van der Waals surface area contributed by atoms with Gasteiger partial charge in [-0.2, -0.15) is 0 Å². The van der Waals surface area contributed by atoms with Crippen LogP contribution in [0, 0.1) is 5.41 Å². The Morgan fingerprint density at radius 3 is 2.47 bits per heavy atom.